The molecule has 2 aromatic rings. The van der Waals surface area contributed by atoms with Gasteiger partial charge in [0, 0.05) is 43.5 Å². The van der Waals surface area contributed by atoms with E-state index in [4.69, 9.17) is 0 Å². The lowest BCUT2D eigenvalue weighted by Gasteiger charge is -2.26. The third kappa shape index (κ3) is 3.33. The SMILES string of the molecule is C[C@H]1CCN(C(=O)c2n[nH]c3c2CCC3)CCN1Cc1ccccc1. The van der Waals surface area contributed by atoms with Gasteiger partial charge in [-0.1, -0.05) is 30.3 Å². The van der Waals surface area contributed by atoms with E-state index in [1.54, 1.807) is 0 Å². The Morgan fingerprint density at radius 3 is 2.88 bits per heavy atom. The van der Waals surface area contributed by atoms with Crippen LogP contribution in [0.25, 0.3) is 0 Å². The number of benzene rings is 1. The smallest absolute Gasteiger partial charge is 0.274 e. The summed E-state index contributed by atoms with van der Waals surface area (Å²) >= 11 is 0. The van der Waals surface area contributed by atoms with Gasteiger partial charge >= 0.3 is 0 Å². The van der Waals surface area contributed by atoms with Crippen molar-refractivity contribution in [1.29, 1.82) is 0 Å². The van der Waals surface area contributed by atoms with Crippen LogP contribution in [-0.4, -0.2) is 51.6 Å². The monoisotopic (exact) mass is 338 g/mol. The fraction of sp³-hybridized carbons (Fsp3) is 0.500. The summed E-state index contributed by atoms with van der Waals surface area (Å²) in [5.74, 6) is 0.105. The van der Waals surface area contributed by atoms with Crippen LogP contribution in [0.15, 0.2) is 30.3 Å². The largest absolute Gasteiger partial charge is 0.336 e. The van der Waals surface area contributed by atoms with Crippen molar-refractivity contribution in [3.8, 4) is 0 Å². The Hall–Kier alpha value is -2.14. The van der Waals surface area contributed by atoms with E-state index in [9.17, 15) is 4.79 Å². The van der Waals surface area contributed by atoms with Crippen LogP contribution >= 0.6 is 0 Å². The van der Waals surface area contributed by atoms with E-state index in [0.29, 0.717) is 11.7 Å². The van der Waals surface area contributed by atoms with E-state index in [-0.39, 0.29) is 5.91 Å². The van der Waals surface area contributed by atoms with Crippen LogP contribution in [0, 0.1) is 0 Å². The highest BCUT2D eigenvalue weighted by molar-refractivity contribution is 5.94. The standard InChI is InChI=1S/C20H26N4O/c1-15-10-11-23(12-13-24(15)14-16-6-3-2-4-7-16)20(25)19-17-8-5-9-18(17)21-22-19/h2-4,6-7,15H,5,8-14H2,1H3,(H,21,22)/t15-/m0/s1. The van der Waals surface area contributed by atoms with E-state index >= 15 is 0 Å². The topological polar surface area (TPSA) is 52.2 Å². The average molecular weight is 338 g/mol. The summed E-state index contributed by atoms with van der Waals surface area (Å²) < 4.78 is 0. The molecule has 0 bridgehead atoms. The molecule has 5 heteroatoms. The second-order valence-corrected chi connectivity index (χ2v) is 7.27. The second kappa shape index (κ2) is 7.00. The fourth-order valence-corrected chi connectivity index (χ4v) is 4.01. The molecule has 5 nitrogen and oxygen atoms in total. The minimum Gasteiger partial charge on any atom is -0.336 e. The highest BCUT2D eigenvalue weighted by Gasteiger charge is 2.29. The maximum absolute atomic E-state index is 13.0. The second-order valence-electron chi connectivity index (χ2n) is 7.27. The van der Waals surface area contributed by atoms with Crippen LogP contribution in [0.1, 0.15) is 47.1 Å². The highest BCUT2D eigenvalue weighted by Crippen LogP contribution is 2.24. The van der Waals surface area contributed by atoms with Crippen molar-refractivity contribution in [2.24, 2.45) is 0 Å². The molecule has 25 heavy (non-hydrogen) atoms. The number of nitrogens with one attached hydrogen (secondary N) is 1. The zero-order valence-electron chi connectivity index (χ0n) is 14.9. The predicted molar refractivity (Wildman–Crippen MR) is 97.4 cm³/mol. The van der Waals surface area contributed by atoms with Gasteiger partial charge in [0.1, 0.15) is 0 Å². The van der Waals surface area contributed by atoms with E-state index in [2.05, 4.69) is 52.4 Å². The third-order valence-corrected chi connectivity index (χ3v) is 5.62. The molecule has 132 valence electrons. The molecule has 2 heterocycles. The molecular weight excluding hydrogens is 312 g/mol. The van der Waals surface area contributed by atoms with Crippen LogP contribution in [0.5, 0.6) is 0 Å². The van der Waals surface area contributed by atoms with Gasteiger partial charge in [-0.3, -0.25) is 14.8 Å². The molecule has 1 aromatic carbocycles. The lowest BCUT2D eigenvalue weighted by Crippen LogP contribution is -2.36. The van der Waals surface area contributed by atoms with Crippen molar-refractivity contribution >= 4 is 5.91 Å². The number of carbonyl (C=O) groups is 1. The predicted octanol–water partition coefficient (Wildman–Crippen LogP) is 2.64. The lowest BCUT2D eigenvalue weighted by atomic mass is 10.1. The van der Waals surface area contributed by atoms with E-state index in [0.717, 1.165) is 63.1 Å². The third-order valence-electron chi connectivity index (χ3n) is 5.62. The van der Waals surface area contributed by atoms with Gasteiger partial charge in [0.05, 0.1) is 0 Å². The van der Waals surface area contributed by atoms with Gasteiger partial charge in [-0.25, -0.2) is 0 Å². The molecule has 0 unspecified atom stereocenters. The highest BCUT2D eigenvalue weighted by atomic mass is 16.2. The average Bonchev–Trinajstić information content (AvgIpc) is 3.19. The van der Waals surface area contributed by atoms with Crippen LogP contribution in [-0.2, 0) is 19.4 Å². The molecule has 0 spiro atoms. The number of amides is 1. The van der Waals surface area contributed by atoms with E-state index in [1.165, 1.54) is 5.56 Å². The number of H-pyrrole nitrogens is 1. The van der Waals surface area contributed by atoms with E-state index in [1.807, 2.05) is 4.90 Å². The number of aryl methyl sites for hydroxylation is 1. The summed E-state index contributed by atoms with van der Waals surface area (Å²) in [6.45, 7) is 5.71. The summed E-state index contributed by atoms with van der Waals surface area (Å²) in [6.07, 6.45) is 4.14. The Kier molecular flexibility index (Phi) is 4.57. The van der Waals surface area contributed by atoms with Crippen molar-refractivity contribution in [1.82, 2.24) is 20.0 Å². The molecule has 1 atom stereocenters. The molecule has 2 aliphatic rings. The molecule has 1 aliphatic heterocycles. The minimum absolute atomic E-state index is 0.105. The first kappa shape index (κ1) is 16.3. The molecule has 4 rings (SSSR count). The first-order valence-electron chi connectivity index (χ1n) is 9.35. The molecule has 1 N–H and O–H groups in total. The fourth-order valence-electron chi connectivity index (χ4n) is 4.01. The maximum atomic E-state index is 13.0. The number of hydrogen-bond donors (Lipinski definition) is 1. The molecule has 0 radical (unpaired) electrons. The number of aromatic nitrogens is 2. The van der Waals surface area contributed by atoms with Crippen LogP contribution in [0.3, 0.4) is 0 Å². The summed E-state index contributed by atoms with van der Waals surface area (Å²) in [6, 6.07) is 11.1. The Labute approximate surface area is 149 Å². The number of nitrogens with zero attached hydrogens (tertiary/aromatic N) is 3. The van der Waals surface area contributed by atoms with Gasteiger partial charge in [0.25, 0.3) is 5.91 Å². The van der Waals surface area contributed by atoms with E-state index < -0.39 is 0 Å². The van der Waals surface area contributed by atoms with Crippen LogP contribution in [0.2, 0.25) is 0 Å². The number of carbonyl (C=O) groups excluding carboxylic acids is 1. The van der Waals surface area contributed by atoms with Gasteiger partial charge < -0.3 is 4.90 Å². The molecule has 1 aromatic heterocycles. The number of rotatable bonds is 3. The first-order valence-corrected chi connectivity index (χ1v) is 9.35. The summed E-state index contributed by atoms with van der Waals surface area (Å²) in [5, 5.41) is 7.38. The molecule has 1 saturated heterocycles. The molecule has 0 saturated carbocycles. The molecular formula is C20H26N4O. The van der Waals surface area contributed by atoms with Gasteiger partial charge in [-0.05, 0) is 38.2 Å². The summed E-state index contributed by atoms with van der Waals surface area (Å²) in [7, 11) is 0. The lowest BCUT2D eigenvalue weighted by molar-refractivity contribution is 0.0754. The Morgan fingerprint density at radius 1 is 1.20 bits per heavy atom. The quantitative estimate of drug-likeness (QED) is 0.936. The number of aromatic amines is 1. The molecule has 1 fully saturated rings. The van der Waals surface area contributed by atoms with Gasteiger partial charge in [-0.2, -0.15) is 5.10 Å². The van der Waals surface area contributed by atoms with Crippen molar-refractivity contribution in [2.45, 2.75) is 45.2 Å². The number of hydrogen-bond acceptors (Lipinski definition) is 3. The maximum Gasteiger partial charge on any atom is 0.274 e. The Morgan fingerprint density at radius 2 is 2.04 bits per heavy atom. The van der Waals surface area contributed by atoms with Crippen molar-refractivity contribution in [2.75, 3.05) is 19.6 Å². The summed E-state index contributed by atoms with van der Waals surface area (Å²) in [4.78, 5) is 17.4. The van der Waals surface area contributed by atoms with Gasteiger partial charge in [0.15, 0.2) is 5.69 Å². The number of fused-ring (bicyclic) bond motifs is 1. The normalized spacial score (nSPS) is 21.2. The van der Waals surface area contributed by atoms with Crippen LogP contribution < -0.4 is 0 Å². The van der Waals surface area contributed by atoms with Gasteiger partial charge in [-0.15, -0.1) is 0 Å². The van der Waals surface area contributed by atoms with Crippen molar-refractivity contribution in [3.63, 3.8) is 0 Å². The first-order chi connectivity index (χ1) is 12.2. The van der Waals surface area contributed by atoms with Crippen molar-refractivity contribution in [3.05, 3.63) is 52.8 Å². The Balaban J connectivity index is 1.44. The summed E-state index contributed by atoms with van der Waals surface area (Å²) in [5.41, 5.74) is 4.32. The molecule has 1 amide bonds. The molecule has 1 aliphatic carbocycles. The zero-order valence-corrected chi connectivity index (χ0v) is 14.9. The van der Waals surface area contributed by atoms with Crippen LogP contribution in [0.4, 0.5) is 0 Å². The van der Waals surface area contributed by atoms with Gasteiger partial charge in [0.2, 0.25) is 0 Å². The Bertz CT molecular complexity index is 739. The zero-order chi connectivity index (χ0) is 17.2. The van der Waals surface area contributed by atoms with Crippen molar-refractivity contribution < 1.29 is 4.79 Å². The minimum atomic E-state index is 0.105.